The monoisotopic (exact) mass is 251 g/mol. The Morgan fingerprint density at radius 3 is 2.71 bits per heavy atom. The third kappa shape index (κ3) is 1.80. The topological polar surface area (TPSA) is 48.3 Å². The number of halogens is 1. The molecule has 0 saturated heterocycles. The number of Topliss-reactive ketones (excluding diaryl/α,β-unsaturated/α-hetero) is 1. The fourth-order valence-electron chi connectivity index (χ4n) is 1.77. The smallest absolute Gasteiger partial charge is 0.295 e. The number of carbonyl (C=O) groups is 1. The summed E-state index contributed by atoms with van der Waals surface area (Å²) in [6.07, 6.45) is 0. The number of nitrogens with zero attached hydrogens (tertiary/aromatic N) is 1. The van der Waals surface area contributed by atoms with Crippen LogP contribution in [0.5, 0.6) is 0 Å². The van der Waals surface area contributed by atoms with Crippen molar-refractivity contribution in [3.63, 3.8) is 0 Å². The highest BCUT2D eigenvalue weighted by Gasteiger charge is 2.24. The van der Waals surface area contributed by atoms with Crippen molar-refractivity contribution in [2.45, 2.75) is 0 Å². The van der Waals surface area contributed by atoms with E-state index in [0.717, 1.165) is 4.73 Å². The van der Waals surface area contributed by atoms with E-state index in [0.29, 0.717) is 11.3 Å². The first kappa shape index (κ1) is 11.7. The maximum Gasteiger partial charge on any atom is 0.295 e. The van der Waals surface area contributed by atoms with E-state index >= 15 is 0 Å². The van der Waals surface area contributed by atoms with E-state index in [4.69, 9.17) is 16.4 Å². The SMILES string of the molecule is COn1c2cccccc-2c(C(=O)CCl)c1=O. The number of ketones is 1. The molecular weight excluding hydrogens is 242 g/mol. The first-order valence-electron chi connectivity index (χ1n) is 4.98. The minimum atomic E-state index is -0.473. The molecule has 2 rings (SSSR count). The molecule has 2 aliphatic rings. The molecule has 0 aromatic carbocycles. The Hall–Kier alpha value is -1.81. The zero-order valence-electron chi connectivity index (χ0n) is 9.14. The second kappa shape index (κ2) is 4.59. The molecule has 17 heavy (non-hydrogen) atoms. The van der Waals surface area contributed by atoms with Gasteiger partial charge >= 0.3 is 0 Å². The summed E-state index contributed by atoms with van der Waals surface area (Å²) < 4.78 is 1.09. The molecule has 0 unspecified atom stereocenters. The minimum absolute atomic E-state index is 0.0769. The van der Waals surface area contributed by atoms with Crippen molar-refractivity contribution in [3.05, 3.63) is 46.2 Å². The molecule has 0 amide bonds. The average molecular weight is 252 g/mol. The van der Waals surface area contributed by atoms with E-state index < -0.39 is 11.3 Å². The lowest BCUT2D eigenvalue weighted by atomic mass is 10.1. The zero-order valence-corrected chi connectivity index (χ0v) is 9.90. The van der Waals surface area contributed by atoms with Gasteiger partial charge in [0.05, 0.1) is 17.1 Å². The summed E-state index contributed by atoms with van der Waals surface area (Å²) >= 11 is 5.51. The maximum absolute atomic E-state index is 12.0. The van der Waals surface area contributed by atoms with Crippen LogP contribution in [0.2, 0.25) is 0 Å². The van der Waals surface area contributed by atoms with E-state index in [-0.39, 0.29) is 11.4 Å². The summed E-state index contributed by atoms with van der Waals surface area (Å²) in [5, 5.41) is 0. The molecule has 88 valence electrons. The molecule has 0 N–H and O–H groups in total. The van der Waals surface area contributed by atoms with Crippen LogP contribution >= 0.6 is 11.6 Å². The van der Waals surface area contributed by atoms with Gasteiger partial charge in [-0.25, -0.2) is 0 Å². The van der Waals surface area contributed by atoms with Crippen LogP contribution in [-0.4, -0.2) is 23.5 Å². The van der Waals surface area contributed by atoms with Gasteiger partial charge in [0.2, 0.25) is 0 Å². The van der Waals surface area contributed by atoms with Crippen LogP contribution in [0.25, 0.3) is 11.3 Å². The van der Waals surface area contributed by atoms with Crippen LogP contribution < -0.4 is 10.4 Å². The van der Waals surface area contributed by atoms with Crippen LogP contribution in [0.4, 0.5) is 0 Å². The van der Waals surface area contributed by atoms with E-state index in [2.05, 4.69) is 0 Å². The average Bonchev–Trinajstić information content (AvgIpc) is 2.50. The number of hydrogen-bond acceptors (Lipinski definition) is 3. The third-order valence-corrected chi connectivity index (χ3v) is 2.73. The number of rotatable bonds is 3. The molecule has 0 fully saturated rings. The fraction of sp³-hybridized carbons (Fsp3) is 0.167. The van der Waals surface area contributed by atoms with Crippen molar-refractivity contribution in [2.24, 2.45) is 0 Å². The highest BCUT2D eigenvalue weighted by atomic mass is 35.5. The number of alkyl halides is 1. The van der Waals surface area contributed by atoms with Gasteiger partial charge < -0.3 is 4.84 Å². The fourth-order valence-corrected chi connectivity index (χ4v) is 1.90. The summed E-state index contributed by atoms with van der Waals surface area (Å²) in [7, 11) is 1.38. The van der Waals surface area contributed by atoms with Gasteiger partial charge in [-0.15, -0.1) is 16.3 Å². The van der Waals surface area contributed by atoms with Crippen LogP contribution in [-0.2, 0) is 0 Å². The summed E-state index contributed by atoms with van der Waals surface area (Å²) in [6.45, 7) is 0. The summed E-state index contributed by atoms with van der Waals surface area (Å²) in [6, 6.07) is 8.75. The van der Waals surface area contributed by atoms with Gasteiger partial charge in [0.25, 0.3) is 5.56 Å². The van der Waals surface area contributed by atoms with Gasteiger partial charge in [0.15, 0.2) is 5.78 Å². The summed E-state index contributed by atoms with van der Waals surface area (Å²) in [4.78, 5) is 28.6. The number of carbonyl (C=O) groups excluding carboxylic acids is 1. The molecule has 0 bridgehead atoms. The normalized spacial score (nSPS) is 10.5. The van der Waals surface area contributed by atoms with Crippen LogP contribution in [0.1, 0.15) is 10.4 Å². The van der Waals surface area contributed by atoms with E-state index in [1.165, 1.54) is 7.11 Å². The van der Waals surface area contributed by atoms with Crippen LogP contribution in [0.15, 0.2) is 35.1 Å². The largest absolute Gasteiger partial charge is 0.413 e. The highest BCUT2D eigenvalue weighted by Crippen LogP contribution is 2.23. The molecule has 0 radical (unpaired) electrons. The molecule has 4 nitrogen and oxygen atoms in total. The lowest BCUT2D eigenvalue weighted by Gasteiger charge is -2.00. The maximum atomic E-state index is 12.0. The highest BCUT2D eigenvalue weighted by molar-refractivity contribution is 6.31. The molecule has 5 heteroatoms. The van der Waals surface area contributed by atoms with Crippen LogP contribution in [0, 0.1) is 0 Å². The predicted octanol–water partition coefficient (Wildman–Crippen LogP) is 1.43. The minimum Gasteiger partial charge on any atom is -0.413 e. The van der Waals surface area contributed by atoms with Crippen molar-refractivity contribution in [1.29, 1.82) is 0 Å². The molecule has 0 aromatic rings. The second-order valence-corrected chi connectivity index (χ2v) is 3.69. The first-order chi connectivity index (χ1) is 8.20. The Balaban J connectivity index is 2.83. The molecule has 0 aromatic heterocycles. The van der Waals surface area contributed by atoms with E-state index in [9.17, 15) is 9.59 Å². The molecule has 1 heterocycles. The molecule has 1 aliphatic heterocycles. The molecule has 0 saturated carbocycles. The van der Waals surface area contributed by atoms with Crippen LogP contribution in [0.3, 0.4) is 0 Å². The molecular formula is C12H10ClNO3. The van der Waals surface area contributed by atoms with Crippen molar-refractivity contribution >= 4 is 17.4 Å². The van der Waals surface area contributed by atoms with Gasteiger partial charge in [0.1, 0.15) is 7.11 Å². The predicted molar refractivity (Wildman–Crippen MR) is 64.9 cm³/mol. The van der Waals surface area contributed by atoms with Gasteiger partial charge in [0, 0.05) is 5.56 Å². The van der Waals surface area contributed by atoms with Gasteiger partial charge in [-0.05, 0) is 6.07 Å². The van der Waals surface area contributed by atoms with Gasteiger partial charge in [-0.1, -0.05) is 24.3 Å². The van der Waals surface area contributed by atoms with Crippen molar-refractivity contribution in [3.8, 4) is 11.3 Å². The Bertz CT molecular complexity index is 591. The summed E-state index contributed by atoms with van der Waals surface area (Å²) in [5.41, 5.74) is 0.705. The molecule has 0 atom stereocenters. The standard InChI is InChI=1S/C12H10ClNO3/c1-17-14-9-6-4-2-3-5-8(9)11(12(14)16)10(15)7-13/h2-6H,7H2,1H3. The Kier molecular flexibility index (Phi) is 3.15. The van der Waals surface area contributed by atoms with Crippen molar-refractivity contribution < 1.29 is 9.63 Å². The molecule has 0 spiro atoms. The van der Waals surface area contributed by atoms with E-state index in [1.807, 2.05) is 0 Å². The first-order valence-corrected chi connectivity index (χ1v) is 5.51. The number of aromatic nitrogens is 1. The van der Waals surface area contributed by atoms with Crippen molar-refractivity contribution in [2.75, 3.05) is 13.0 Å². The lowest BCUT2D eigenvalue weighted by molar-refractivity contribution is 0.101. The van der Waals surface area contributed by atoms with Crippen molar-refractivity contribution in [1.82, 2.24) is 4.73 Å². The Morgan fingerprint density at radius 1 is 1.35 bits per heavy atom. The van der Waals surface area contributed by atoms with E-state index in [1.54, 1.807) is 30.3 Å². The number of hydrogen-bond donors (Lipinski definition) is 0. The quantitative estimate of drug-likeness (QED) is 0.613. The Morgan fingerprint density at radius 2 is 2.06 bits per heavy atom. The lowest BCUT2D eigenvalue weighted by Crippen LogP contribution is -2.24. The number of fused-ring (bicyclic) bond motifs is 1. The third-order valence-electron chi connectivity index (χ3n) is 2.48. The second-order valence-electron chi connectivity index (χ2n) is 3.42. The zero-order chi connectivity index (χ0) is 12.4. The molecule has 1 aliphatic carbocycles. The Labute approximate surface area is 103 Å². The van der Waals surface area contributed by atoms with Gasteiger partial charge in [-0.3, -0.25) is 9.59 Å². The summed E-state index contributed by atoms with van der Waals surface area (Å²) in [5.74, 6) is -0.625. The van der Waals surface area contributed by atoms with Gasteiger partial charge in [-0.2, -0.15) is 0 Å².